The maximum Gasteiger partial charge on any atom is 0.313 e. The first-order valence-corrected chi connectivity index (χ1v) is 13.5. The Morgan fingerprint density at radius 3 is 2.61 bits per heavy atom. The Kier molecular flexibility index (Phi) is 7.25. The van der Waals surface area contributed by atoms with Gasteiger partial charge >= 0.3 is 5.97 Å². The van der Waals surface area contributed by atoms with Crippen molar-refractivity contribution >= 4 is 16.9 Å². The molecule has 3 aliphatic heterocycles. The van der Waals surface area contributed by atoms with E-state index < -0.39 is 0 Å². The number of nitrogens with zero attached hydrogens (tertiary/aromatic N) is 1. The summed E-state index contributed by atoms with van der Waals surface area (Å²) in [6, 6.07) is 19.0. The van der Waals surface area contributed by atoms with Crippen LogP contribution in [0, 0.1) is 17.8 Å². The molecule has 3 fully saturated rings. The number of quaternary nitrogens is 1. The first-order chi connectivity index (χ1) is 17.4. The van der Waals surface area contributed by atoms with Crippen molar-refractivity contribution in [1.29, 1.82) is 0 Å². The lowest BCUT2D eigenvalue weighted by Gasteiger charge is -2.48. The number of para-hydroxylation sites is 1. The zero-order valence-corrected chi connectivity index (χ0v) is 21.8. The van der Waals surface area contributed by atoms with Crippen molar-refractivity contribution in [2.24, 2.45) is 17.8 Å². The van der Waals surface area contributed by atoms with Gasteiger partial charge in [-0.3, -0.25) is 9.78 Å². The van der Waals surface area contributed by atoms with Crippen LogP contribution in [0.3, 0.4) is 0 Å². The van der Waals surface area contributed by atoms with E-state index in [1.54, 1.807) is 0 Å². The van der Waals surface area contributed by atoms with E-state index in [0.29, 0.717) is 17.8 Å². The van der Waals surface area contributed by atoms with Crippen molar-refractivity contribution in [2.45, 2.75) is 58.1 Å². The van der Waals surface area contributed by atoms with Crippen molar-refractivity contribution in [3.05, 3.63) is 90.1 Å². The molecule has 0 spiro atoms. The van der Waals surface area contributed by atoms with E-state index in [1.807, 2.05) is 31.3 Å². The number of hydrogen-bond acceptors (Lipinski definition) is 3. The minimum Gasteiger partial charge on any atom is -0.451 e. The van der Waals surface area contributed by atoms with E-state index in [4.69, 9.17) is 4.74 Å². The van der Waals surface area contributed by atoms with Gasteiger partial charge in [0.25, 0.3) is 0 Å². The van der Waals surface area contributed by atoms with Crippen molar-refractivity contribution in [1.82, 2.24) is 4.98 Å². The number of carbonyl (C=O) groups is 1. The highest BCUT2D eigenvalue weighted by molar-refractivity contribution is 5.83. The molecule has 6 atom stereocenters. The van der Waals surface area contributed by atoms with Crippen LogP contribution < -0.4 is 4.90 Å². The normalized spacial score (nSPS) is 25.0. The monoisotopic (exact) mass is 483 g/mol. The van der Waals surface area contributed by atoms with Crippen molar-refractivity contribution in [3.8, 4) is 0 Å². The second kappa shape index (κ2) is 10.6. The maximum absolute atomic E-state index is 13.6. The number of carbonyl (C=O) groups excluding carboxylic acids is 1. The summed E-state index contributed by atoms with van der Waals surface area (Å²) in [5.74, 6) is 1.31. The van der Waals surface area contributed by atoms with Gasteiger partial charge in [-0.25, -0.2) is 0 Å². The topological polar surface area (TPSA) is 43.6 Å². The van der Waals surface area contributed by atoms with E-state index in [0.717, 1.165) is 48.0 Å². The molecule has 4 heteroatoms. The minimum absolute atomic E-state index is 0.153. The fraction of sp³-hybridized carbons (Fsp3) is 0.438. The van der Waals surface area contributed by atoms with Gasteiger partial charge in [0.15, 0.2) is 6.10 Å². The molecule has 0 aliphatic carbocycles. The Morgan fingerprint density at radius 2 is 1.92 bits per heavy atom. The summed E-state index contributed by atoms with van der Waals surface area (Å²) >= 11 is 0. The van der Waals surface area contributed by atoms with Gasteiger partial charge in [-0.2, -0.15) is 0 Å². The van der Waals surface area contributed by atoms with Crippen LogP contribution in [-0.4, -0.2) is 30.1 Å². The van der Waals surface area contributed by atoms with E-state index in [2.05, 4.69) is 67.9 Å². The van der Waals surface area contributed by atoms with Crippen LogP contribution >= 0.6 is 0 Å². The average molecular weight is 484 g/mol. The molecule has 36 heavy (non-hydrogen) atoms. The zero-order chi connectivity index (χ0) is 25.2. The minimum atomic E-state index is -0.319. The van der Waals surface area contributed by atoms with E-state index in [1.165, 1.54) is 16.9 Å². The largest absolute Gasteiger partial charge is 0.451 e. The quantitative estimate of drug-likeness (QED) is 0.349. The summed E-state index contributed by atoms with van der Waals surface area (Å²) in [6.07, 6.45) is 7.01. The number of benzene rings is 2. The Bertz CT molecular complexity index is 1210. The molecule has 188 valence electrons. The van der Waals surface area contributed by atoms with Gasteiger partial charge in [0.2, 0.25) is 0 Å². The highest BCUT2D eigenvalue weighted by atomic mass is 16.5. The number of piperidine rings is 3. The van der Waals surface area contributed by atoms with Crippen LogP contribution in [0.5, 0.6) is 0 Å². The van der Waals surface area contributed by atoms with Crippen molar-refractivity contribution in [2.75, 3.05) is 13.1 Å². The van der Waals surface area contributed by atoms with E-state index in [-0.39, 0.29) is 24.0 Å². The van der Waals surface area contributed by atoms with Crippen molar-refractivity contribution < 1.29 is 14.4 Å². The number of fused-ring (bicyclic) bond motifs is 4. The Balaban J connectivity index is 1.44. The van der Waals surface area contributed by atoms with Crippen LogP contribution in [0.1, 0.15) is 62.3 Å². The second-order valence-corrected chi connectivity index (χ2v) is 11.2. The van der Waals surface area contributed by atoms with Gasteiger partial charge in [-0.15, -0.1) is 6.58 Å². The van der Waals surface area contributed by atoms with Gasteiger partial charge in [0, 0.05) is 35.9 Å². The number of rotatable bonds is 8. The van der Waals surface area contributed by atoms with Crippen LogP contribution in [0.25, 0.3) is 10.9 Å². The number of pyridine rings is 1. The third-order valence-electron chi connectivity index (χ3n) is 8.40. The Labute approximate surface area is 215 Å². The predicted molar refractivity (Wildman–Crippen MR) is 145 cm³/mol. The molecule has 3 aromatic rings. The number of esters is 1. The molecule has 0 saturated carbocycles. The van der Waals surface area contributed by atoms with Crippen LogP contribution in [0.15, 0.2) is 73.4 Å². The molecule has 4 heterocycles. The lowest BCUT2D eigenvalue weighted by atomic mass is 9.73. The molecule has 1 unspecified atom stereocenters. The summed E-state index contributed by atoms with van der Waals surface area (Å²) < 4.78 is 6.50. The number of aromatic nitrogens is 1. The number of hydrogen-bond donors (Lipinski definition) is 1. The first-order valence-electron chi connectivity index (χ1n) is 13.5. The van der Waals surface area contributed by atoms with Gasteiger partial charge in [-0.1, -0.05) is 62.4 Å². The van der Waals surface area contributed by atoms with Gasteiger partial charge in [0.05, 0.1) is 24.5 Å². The average Bonchev–Trinajstić information content (AvgIpc) is 2.91. The summed E-state index contributed by atoms with van der Waals surface area (Å²) in [4.78, 5) is 19.7. The third kappa shape index (κ3) is 4.97. The summed E-state index contributed by atoms with van der Waals surface area (Å²) in [7, 11) is 0. The predicted octanol–water partition coefficient (Wildman–Crippen LogP) is 5.30. The highest BCUT2D eigenvalue weighted by Gasteiger charge is 2.48. The SMILES string of the molecule is C=C[C@H]1C[NH+]2CC[C@@H]1C[C@H]2[C@@H](OC(=O)[C@@H](C)c1ccc(CC(C)C)cc1)c1ccnc2ccccc12. The highest BCUT2D eigenvalue weighted by Crippen LogP contribution is 2.37. The second-order valence-electron chi connectivity index (χ2n) is 11.2. The molecule has 1 N–H and O–H groups in total. The lowest BCUT2D eigenvalue weighted by Crippen LogP contribution is -3.20. The van der Waals surface area contributed by atoms with Crippen LogP contribution in [-0.2, 0) is 16.0 Å². The standard InChI is InChI=1S/C32H38N2O2/c1-5-24-20-34-17-15-26(24)19-30(34)31(28-14-16-33-29-9-7-6-8-27(28)29)36-32(35)22(4)25-12-10-23(11-13-25)18-21(2)3/h5-14,16,21-22,24,26,30-31H,1,15,17-20H2,2-4H3/p+1/t22-,24-,26+,30-,31-/m0/s1. The molecule has 6 rings (SSSR count). The molecule has 3 aliphatic rings. The third-order valence-corrected chi connectivity index (χ3v) is 8.40. The first kappa shape index (κ1) is 24.7. The fourth-order valence-electron chi connectivity index (χ4n) is 6.40. The number of ether oxygens (including phenoxy) is 1. The summed E-state index contributed by atoms with van der Waals surface area (Å²) in [5.41, 5.74) is 4.34. The Morgan fingerprint density at radius 1 is 1.14 bits per heavy atom. The summed E-state index contributed by atoms with van der Waals surface area (Å²) in [5, 5.41) is 1.07. The maximum atomic E-state index is 13.6. The molecule has 0 amide bonds. The smallest absolute Gasteiger partial charge is 0.313 e. The molecule has 1 aromatic heterocycles. The van der Waals surface area contributed by atoms with Crippen LogP contribution in [0.4, 0.5) is 0 Å². The molecule has 3 saturated heterocycles. The van der Waals surface area contributed by atoms with Gasteiger partial charge in [0.1, 0.15) is 6.04 Å². The molecule has 0 radical (unpaired) electrons. The molecule has 2 aromatic carbocycles. The van der Waals surface area contributed by atoms with Gasteiger partial charge in [-0.05, 0) is 48.4 Å². The summed E-state index contributed by atoms with van der Waals surface area (Å²) in [6.45, 7) is 12.7. The molecular weight excluding hydrogens is 444 g/mol. The molecule has 4 nitrogen and oxygen atoms in total. The Hall–Kier alpha value is -2.98. The molecular formula is C32H39N2O2+. The van der Waals surface area contributed by atoms with Crippen LogP contribution in [0.2, 0.25) is 0 Å². The van der Waals surface area contributed by atoms with E-state index in [9.17, 15) is 4.79 Å². The molecule has 2 bridgehead atoms. The zero-order valence-electron chi connectivity index (χ0n) is 21.8. The van der Waals surface area contributed by atoms with E-state index >= 15 is 0 Å². The van der Waals surface area contributed by atoms with Gasteiger partial charge < -0.3 is 9.64 Å². The fourth-order valence-corrected chi connectivity index (χ4v) is 6.40. The lowest BCUT2D eigenvalue weighted by molar-refractivity contribution is -0.949. The van der Waals surface area contributed by atoms with Crippen molar-refractivity contribution in [3.63, 3.8) is 0 Å². The number of nitrogens with one attached hydrogen (secondary N) is 1.